The molecule has 1 aromatic carbocycles. The van der Waals surface area contributed by atoms with Gasteiger partial charge >= 0.3 is 5.97 Å². The molecule has 0 heterocycles. The second kappa shape index (κ2) is 6.51. The second-order valence-corrected chi connectivity index (χ2v) is 4.62. The lowest BCUT2D eigenvalue weighted by molar-refractivity contribution is -0.138. The van der Waals surface area contributed by atoms with Crippen molar-refractivity contribution in [2.24, 2.45) is 0 Å². The standard InChI is InChI=1S/C12H12INO2/c1-2-7-14(9-12(15)16)8-10-3-5-11(13)6-4-10/h1,3-6H,7-9H2,(H,15,16). The Kier molecular flexibility index (Phi) is 5.29. The van der Waals surface area contributed by atoms with Crippen LogP contribution in [0.1, 0.15) is 5.56 Å². The monoisotopic (exact) mass is 329 g/mol. The third kappa shape index (κ3) is 4.64. The highest BCUT2D eigenvalue weighted by molar-refractivity contribution is 14.1. The molecule has 0 fully saturated rings. The Morgan fingerprint density at radius 3 is 2.56 bits per heavy atom. The molecule has 0 unspecified atom stereocenters. The molecule has 0 aromatic heterocycles. The Labute approximate surface area is 109 Å². The zero-order valence-corrected chi connectivity index (χ0v) is 10.8. The highest BCUT2D eigenvalue weighted by atomic mass is 127. The summed E-state index contributed by atoms with van der Waals surface area (Å²) >= 11 is 2.23. The lowest BCUT2D eigenvalue weighted by Crippen LogP contribution is -2.29. The van der Waals surface area contributed by atoms with Crippen LogP contribution in [0.15, 0.2) is 24.3 Å². The fraction of sp³-hybridized carbons (Fsp3) is 0.250. The summed E-state index contributed by atoms with van der Waals surface area (Å²) in [6.07, 6.45) is 5.20. The van der Waals surface area contributed by atoms with Crippen LogP contribution in [0, 0.1) is 15.9 Å². The highest BCUT2D eigenvalue weighted by Gasteiger charge is 2.08. The molecule has 1 aromatic rings. The first kappa shape index (κ1) is 13.0. The van der Waals surface area contributed by atoms with E-state index in [0.29, 0.717) is 13.1 Å². The van der Waals surface area contributed by atoms with E-state index < -0.39 is 5.97 Å². The molecule has 0 aliphatic heterocycles. The molecular weight excluding hydrogens is 317 g/mol. The molecule has 0 aliphatic rings. The van der Waals surface area contributed by atoms with E-state index >= 15 is 0 Å². The first-order chi connectivity index (χ1) is 7.61. The van der Waals surface area contributed by atoms with E-state index in [1.807, 2.05) is 24.3 Å². The van der Waals surface area contributed by atoms with Crippen molar-refractivity contribution < 1.29 is 9.90 Å². The molecular formula is C12H12INO2. The predicted octanol–water partition coefficient (Wildman–Crippen LogP) is 1.81. The number of carboxylic acid groups (broad SMARTS) is 1. The van der Waals surface area contributed by atoms with E-state index in [0.717, 1.165) is 9.13 Å². The summed E-state index contributed by atoms with van der Waals surface area (Å²) in [6, 6.07) is 7.94. The van der Waals surface area contributed by atoms with Crippen LogP contribution in [0.25, 0.3) is 0 Å². The fourth-order valence-electron chi connectivity index (χ4n) is 1.34. The number of hydrogen-bond donors (Lipinski definition) is 1. The molecule has 0 amide bonds. The average Bonchev–Trinajstić information content (AvgIpc) is 2.21. The van der Waals surface area contributed by atoms with Crippen molar-refractivity contribution in [3.8, 4) is 12.3 Å². The molecule has 0 atom stereocenters. The number of carbonyl (C=O) groups is 1. The van der Waals surface area contributed by atoms with Crippen molar-refractivity contribution in [1.29, 1.82) is 0 Å². The molecule has 1 rings (SSSR count). The van der Waals surface area contributed by atoms with Gasteiger partial charge in [-0.25, -0.2) is 0 Å². The Morgan fingerprint density at radius 1 is 1.44 bits per heavy atom. The molecule has 0 bridgehead atoms. The summed E-state index contributed by atoms with van der Waals surface area (Å²) in [7, 11) is 0. The number of aliphatic carboxylic acids is 1. The third-order valence-electron chi connectivity index (χ3n) is 1.99. The van der Waals surface area contributed by atoms with E-state index in [4.69, 9.17) is 11.5 Å². The second-order valence-electron chi connectivity index (χ2n) is 3.37. The van der Waals surface area contributed by atoms with Crippen LogP contribution in [0.4, 0.5) is 0 Å². The van der Waals surface area contributed by atoms with Gasteiger partial charge in [0.15, 0.2) is 0 Å². The van der Waals surface area contributed by atoms with Crippen LogP contribution in [-0.4, -0.2) is 29.1 Å². The molecule has 0 spiro atoms. The van der Waals surface area contributed by atoms with E-state index in [1.54, 1.807) is 4.90 Å². The van der Waals surface area contributed by atoms with Crippen LogP contribution in [0.5, 0.6) is 0 Å². The Bertz CT molecular complexity index is 394. The summed E-state index contributed by atoms with van der Waals surface area (Å²) in [5, 5.41) is 8.72. The lowest BCUT2D eigenvalue weighted by atomic mass is 10.2. The van der Waals surface area contributed by atoms with Crippen molar-refractivity contribution in [3.05, 3.63) is 33.4 Å². The maximum absolute atomic E-state index is 10.6. The maximum atomic E-state index is 10.6. The van der Waals surface area contributed by atoms with E-state index in [-0.39, 0.29) is 6.54 Å². The predicted molar refractivity (Wildman–Crippen MR) is 70.9 cm³/mol. The van der Waals surface area contributed by atoms with Gasteiger partial charge in [0, 0.05) is 10.1 Å². The van der Waals surface area contributed by atoms with Gasteiger partial charge in [-0.2, -0.15) is 0 Å². The molecule has 84 valence electrons. The quantitative estimate of drug-likeness (QED) is 0.662. The highest BCUT2D eigenvalue weighted by Crippen LogP contribution is 2.09. The van der Waals surface area contributed by atoms with Crippen LogP contribution in [-0.2, 0) is 11.3 Å². The summed E-state index contributed by atoms with van der Waals surface area (Å²) in [5.41, 5.74) is 1.07. The molecule has 0 saturated carbocycles. The first-order valence-electron chi connectivity index (χ1n) is 4.74. The van der Waals surface area contributed by atoms with Crippen LogP contribution in [0.3, 0.4) is 0 Å². The van der Waals surface area contributed by atoms with Crippen molar-refractivity contribution >= 4 is 28.6 Å². The van der Waals surface area contributed by atoms with Gasteiger partial charge in [-0.1, -0.05) is 18.1 Å². The molecule has 3 nitrogen and oxygen atoms in total. The lowest BCUT2D eigenvalue weighted by Gasteiger charge is -2.17. The summed E-state index contributed by atoms with van der Waals surface area (Å²) < 4.78 is 1.16. The molecule has 4 heteroatoms. The molecule has 0 saturated heterocycles. The SMILES string of the molecule is C#CCN(CC(=O)O)Cc1ccc(I)cc1. The number of rotatable bonds is 5. The van der Waals surface area contributed by atoms with Gasteiger partial charge in [-0.3, -0.25) is 9.69 Å². The van der Waals surface area contributed by atoms with E-state index in [2.05, 4.69) is 28.5 Å². The van der Waals surface area contributed by atoms with Crippen molar-refractivity contribution in [2.75, 3.05) is 13.1 Å². The zero-order valence-electron chi connectivity index (χ0n) is 8.69. The van der Waals surface area contributed by atoms with Crippen LogP contribution >= 0.6 is 22.6 Å². The maximum Gasteiger partial charge on any atom is 0.317 e. The fourth-order valence-corrected chi connectivity index (χ4v) is 1.70. The van der Waals surface area contributed by atoms with Crippen molar-refractivity contribution in [2.45, 2.75) is 6.54 Å². The zero-order chi connectivity index (χ0) is 12.0. The third-order valence-corrected chi connectivity index (χ3v) is 2.71. The normalized spacial score (nSPS) is 10.1. The minimum absolute atomic E-state index is 0.0316. The Hall–Kier alpha value is -1.06. The van der Waals surface area contributed by atoms with Gasteiger partial charge in [0.1, 0.15) is 0 Å². The molecule has 0 aliphatic carbocycles. The van der Waals surface area contributed by atoms with Crippen LogP contribution in [0.2, 0.25) is 0 Å². The van der Waals surface area contributed by atoms with Crippen LogP contribution < -0.4 is 0 Å². The van der Waals surface area contributed by atoms with E-state index in [1.165, 1.54) is 0 Å². The minimum Gasteiger partial charge on any atom is -0.480 e. The number of benzene rings is 1. The molecule has 1 N–H and O–H groups in total. The van der Waals surface area contributed by atoms with Gasteiger partial charge < -0.3 is 5.11 Å². The summed E-state index contributed by atoms with van der Waals surface area (Å²) in [6.45, 7) is 0.877. The molecule has 16 heavy (non-hydrogen) atoms. The van der Waals surface area contributed by atoms with Crippen molar-refractivity contribution in [1.82, 2.24) is 4.90 Å². The summed E-state index contributed by atoms with van der Waals surface area (Å²) in [5.74, 6) is 1.61. The van der Waals surface area contributed by atoms with Gasteiger partial charge in [-0.15, -0.1) is 6.42 Å². The minimum atomic E-state index is -0.860. The van der Waals surface area contributed by atoms with Gasteiger partial charge in [0.2, 0.25) is 0 Å². The number of carboxylic acids is 1. The van der Waals surface area contributed by atoms with Gasteiger partial charge in [-0.05, 0) is 40.3 Å². The largest absolute Gasteiger partial charge is 0.480 e. The summed E-state index contributed by atoms with van der Waals surface area (Å²) in [4.78, 5) is 12.3. The average molecular weight is 329 g/mol. The number of nitrogens with zero attached hydrogens (tertiary/aromatic N) is 1. The number of terminal acetylenes is 1. The number of halogens is 1. The first-order valence-corrected chi connectivity index (χ1v) is 5.81. The Morgan fingerprint density at radius 2 is 2.06 bits per heavy atom. The van der Waals surface area contributed by atoms with Gasteiger partial charge in [0.25, 0.3) is 0 Å². The van der Waals surface area contributed by atoms with Crippen molar-refractivity contribution in [3.63, 3.8) is 0 Å². The van der Waals surface area contributed by atoms with Gasteiger partial charge in [0.05, 0.1) is 13.1 Å². The van der Waals surface area contributed by atoms with E-state index in [9.17, 15) is 4.79 Å². The smallest absolute Gasteiger partial charge is 0.317 e. The topological polar surface area (TPSA) is 40.5 Å². The number of hydrogen-bond acceptors (Lipinski definition) is 2. The molecule has 0 radical (unpaired) electrons. The Balaban J connectivity index is 2.64.